The Labute approximate surface area is 134 Å². The molecule has 0 bridgehead atoms. The van der Waals surface area contributed by atoms with Gasteiger partial charge in [0.2, 0.25) is 0 Å². The molecule has 0 saturated heterocycles. The van der Waals surface area contributed by atoms with Gasteiger partial charge in [0, 0.05) is 10.6 Å². The van der Waals surface area contributed by atoms with Crippen molar-refractivity contribution in [3.05, 3.63) is 46.1 Å². The van der Waals surface area contributed by atoms with E-state index >= 15 is 0 Å². The lowest BCUT2D eigenvalue weighted by Gasteiger charge is -2.14. The van der Waals surface area contributed by atoms with Crippen LogP contribution in [0.2, 0.25) is 0 Å². The van der Waals surface area contributed by atoms with Crippen LogP contribution in [0.5, 0.6) is 0 Å². The highest BCUT2D eigenvalue weighted by molar-refractivity contribution is 7.19. The summed E-state index contributed by atoms with van der Waals surface area (Å²) in [6, 6.07) is 6.35. The summed E-state index contributed by atoms with van der Waals surface area (Å²) < 4.78 is 0. The Morgan fingerprint density at radius 3 is 2.86 bits per heavy atom. The van der Waals surface area contributed by atoms with Crippen molar-refractivity contribution in [2.45, 2.75) is 39.5 Å². The van der Waals surface area contributed by atoms with Crippen LogP contribution in [0.1, 0.15) is 34.4 Å². The molecule has 4 heteroatoms. The number of nitrogens with zero attached hydrogens (tertiary/aromatic N) is 2. The fraction of sp³-hybridized carbons (Fsp3) is 0.333. The van der Waals surface area contributed by atoms with E-state index in [1.807, 2.05) is 11.3 Å². The second kappa shape index (κ2) is 5.36. The Kier molecular flexibility index (Phi) is 3.34. The standard InChI is InChI=1S/C18H19N3S/c1-11-6-5-8-14(12(11)2)21-17-16-13-7-3-4-9-15(13)22-18(16)20-10-19-17/h5-6,8,10H,3-4,7,9H2,1-2H3,(H,19,20,21). The summed E-state index contributed by atoms with van der Waals surface area (Å²) in [5.41, 5.74) is 5.18. The molecule has 1 aromatic carbocycles. The van der Waals surface area contributed by atoms with Gasteiger partial charge in [0.25, 0.3) is 0 Å². The molecule has 1 aliphatic carbocycles. The molecule has 0 amide bonds. The van der Waals surface area contributed by atoms with Crippen LogP contribution in [0.25, 0.3) is 10.2 Å². The zero-order valence-corrected chi connectivity index (χ0v) is 13.8. The van der Waals surface area contributed by atoms with E-state index in [-0.39, 0.29) is 0 Å². The van der Waals surface area contributed by atoms with Crippen LogP contribution in [0.15, 0.2) is 24.5 Å². The number of aromatic nitrogens is 2. The fourth-order valence-corrected chi connectivity index (χ4v) is 4.43. The number of fused-ring (bicyclic) bond motifs is 3. The highest BCUT2D eigenvalue weighted by atomic mass is 32.1. The van der Waals surface area contributed by atoms with Crippen LogP contribution in [0, 0.1) is 13.8 Å². The van der Waals surface area contributed by atoms with E-state index in [1.165, 1.54) is 46.2 Å². The molecule has 3 aromatic rings. The Balaban J connectivity index is 1.85. The molecule has 112 valence electrons. The zero-order chi connectivity index (χ0) is 15.1. The van der Waals surface area contributed by atoms with Gasteiger partial charge in [-0.15, -0.1) is 11.3 Å². The number of thiophene rings is 1. The lowest BCUT2D eigenvalue weighted by Crippen LogP contribution is -2.02. The molecule has 0 unspecified atom stereocenters. The smallest absolute Gasteiger partial charge is 0.142 e. The molecule has 0 spiro atoms. The predicted molar refractivity (Wildman–Crippen MR) is 93.3 cm³/mol. The van der Waals surface area contributed by atoms with Crippen LogP contribution in [0.4, 0.5) is 11.5 Å². The Morgan fingerprint density at radius 1 is 1.09 bits per heavy atom. The van der Waals surface area contributed by atoms with Crippen LogP contribution >= 0.6 is 11.3 Å². The molecule has 0 aliphatic heterocycles. The number of benzene rings is 1. The first kappa shape index (κ1) is 13.7. The lowest BCUT2D eigenvalue weighted by molar-refractivity contribution is 0.700. The molecule has 0 atom stereocenters. The third kappa shape index (κ3) is 2.18. The summed E-state index contributed by atoms with van der Waals surface area (Å²) in [6.07, 6.45) is 6.60. The number of anilines is 2. The second-order valence-corrected chi connectivity index (χ2v) is 7.07. The molecule has 2 heterocycles. The van der Waals surface area contributed by atoms with Gasteiger partial charge in [-0.2, -0.15) is 0 Å². The van der Waals surface area contributed by atoms with Crippen LogP contribution in [-0.4, -0.2) is 9.97 Å². The summed E-state index contributed by atoms with van der Waals surface area (Å²) in [5.74, 6) is 0.957. The highest BCUT2D eigenvalue weighted by Gasteiger charge is 2.20. The number of hydrogen-bond acceptors (Lipinski definition) is 4. The maximum Gasteiger partial charge on any atom is 0.142 e. The predicted octanol–water partition coefficient (Wildman–Crippen LogP) is 4.93. The summed E-state index contributed by atoms with van der Waals surface area (Å²) >= 11 is 1.84. The molecule has 0 fully saturated rings. The Morgan fingerprint density at radius 2 is 1.95 bits per heavy atom. The summed E-state index contributed by atoms with van der Waals surface area (Å²) in [5, 5.41) is 4.79. The maximum atomic E-state index is 4.54. The molecular weight excluding hydrogens is 290 g/mol. The van der Waals surface area contributed by atoms with Gasteiger partial charge in [0.05, 0.1) is 5.39 Å². The Bertz CT molecular complexity index is 851. The normalized spacial score (nSPS) is 14.1. The Hall–Kier alpha value is -1.94. The van der Waals surface area contributed by atoms with Crippen molar-refractivity contribution in [1.82, 2.24) is 9.97 Å². The van der Waals surface area contributed by atoms with Crippen LogP contribution in [0.3, 0.4) is 0 Å². The van der Waals surface area contributed by atoms with Gasteiger partial charge in [0.15, 0.2) is 0 Å². The molecular formula is C18H19N3S. The quantitative estimate of drug-likeness (QED) is 0.729. The third-order valence-electron chi connectivity index (χ3n) is 4.61. The molecule has 2 aromatic heterocycles. The SMILES string of the molecule is Cc1cccc(Nc2ncnc3sc4c(c23)CCCC4)c1C. The average Bonchev–Trinajstić information content (AvgIpc) is 2.91. The lowest BCUT2D eigenvalue weighted by atomic mass is 9.97. The topological polar surface area (TPSA) is 37.8 Å². The van der Waals surface area contributed by atoms with E-state index in [0.29, 0.717) is 0 Å². The number of aryl methyl sites for hydroxylation is 3. The molecule has 1 aliphatic rings. The van der Waals surface area contributed by atoms with E-state index < -0.39 is 0 Å². The molecule has 0 radical (unpaired) electrons. The van der Waals surface area contributed by atoms with Crippen molar-refractivity contribution >= 4 is 33.1 Å². The van der Waals surface area contributed by atoms with Crippen molar-refractivity contribution in [2.75, 3.05) is 5.32 Å². The van der Waals surface area contributed by atoms with Crippen LogP contribution < -0.4 is 5.32 Å². The van der Waals surface area contributed by atoms with Crippen LogP contribution in [-0.2, 0) is 12.8 Å². The number of nitrogens with one attached hydrogen (secondary N) is 1. The molecule has 4 rings (SSSR count). The van der Waals surface area contributed by atoms with Gasteiger partial charge in [-0.05, 0) is 62.3 Å². The van der Waals surface area contributed by atoms with E-state index in [1.54, 1.807) is 6.33 Å². The van der Waals surface area contributed by atoms with Gasteiger partial charge in [-0.3, -0.25) is 0 Å². The van der Waals surface area contributed by atoms with E-state index in [4.69, 9.17) is 0 Å². The summed E-state index contributed by atoms with van der Waals surface area (Å²) in [6.45, 7) is 4.29. The summed E-state index contributed by atoms with van der Waals surface area (Å²) in [4.78, 5) is 11.7. The minimum absolute atomic E-state index is 0.957. The van der Waals surface area contributed by atoms with Gasteiger partial charge in [0.1, 0.15) is 17.0 Å². The van der Waals surface area contributed by atoms with E-state index in [2.05, 4.69) is 47.3 Å². The van der Waals surface area contributed by atoms with Gasteiger partial charge >= 0.3 is 0 Å². The van der Waals surface area contributed by atoms with Gasteiger partial charge in [-0.1, -0.05) is 12.1 Å². The summed E-state index contributed by atoms with van der Waals surface area (Å²) in [7, 11) is 0. The number of hydrogen-bond donors (Lipinski definition) is 1. The second-order valence-electron chi connectivity index (χ2n) is 5.99. The molecule has 0 saturated carbocycles. The highest BCUT2D eigenvalue weighted by Crippen LogP contribution is 2.39. The minimum Gasteiger partial charge on any atom is -0.339 e. The zero-order valence-electron chi connectivity index (χ0n) is 12.9. The third-order valence-corrected chi connectivity index (χ3v) is 5.81. The minimum atomic E-state index is 0.957. The van der Waals surface area contributed by atoms with Gasteiger partial charge in [-0.25, -0.2) is 9.97 Å². The monoisotopic (exact) mass is 309 g/mol. The van der Waals surface area contributed by atoms with Crippen molar-refractivity contribution in [1.29, 1.82) is 0 Å². The fourth-order valence-electron chi connectivity index (χ4n) is 3.20. The van der Waals surface area contributed by atoms with Crippen molar-refractivity contribution < 1.29 is 0 Å². The van der Waals surface area contributed by atoms with Gasteiger partial charge < -0.3 is 5.32 Å². The average molecular weight is 309 g/mol. The molecule has 22 heavy (non-hydrogen) atoms. The first-order chi connectivity index (χ1) is 10.7. The molecule has 1 N–H and O–H groups in total. The first-order valence-corrected chi connectivity index (χ1v) is 8.64. The number of rotatable bonds is 2. The van der Waals surface area contributed by atoms with Crippen molar-refractivity contribution in [3.8, 4) is 0 Å². The van der Waals surface area contributed by atoms with Crippen molar-refractivity contribution in [2.24, 2.45) is 0 Å². The van der Waals surface area contributed by atoms with E-state index in [0.717, 1.165) is 22.8 Å². The molecule has 3 nitrogen and oxygen atoms in total. The van der Waals surface area contributed by atoms with E-state index in [9.17, 15) is 0 Å². The first-order valence-electron chi connectivity index (χ1n) is 7.82. The maximum absolute atomic E-state index is 4.54. The van der Waals surface area contributed by atoms with Crippen molar-refractivity contribution in [3.63, 3.8) is 0 Å². The largest absolute Gasteiger partial charge is 0.339 e.